The first-order valence-electron chi connectivity index (χ1n) is 6.14. The van der Waals surface area contributed by atoms with Crippen LogP contribution in [-0.2, 0) is 0 Å². The number of allylic oxidation sites excluding steroid dienone is 1. The molecule has 0 aliphatic heterocycles. The van der Waals surface area contributed by atoms with Gasteiger partial charge in [-0.25, -0.2) is 0 Å². The Kier molecular flexibility index (Phi) is 10.5. The molecule has 0 amide bonds. The topological polar surface area (TPSA) is 20.2 Å². The maximum Gasteiger partial charge on any atom is 0.0574 e. The van der Waals surface area contributed by atoms with E-state index in [4.69, 9.17) is 0 Å². The molecular formula is C13H26O. The zero-order valence-electron chi connectivity index (χ0n) is 9.84. The van der Waals surface area contributed by atoms with Gasteiger partial charge in [0.1, 0.15) is 0 Å². The molecule has 14 heavy (non-hydrogen) atoms. The van der Waals surface area contributed by atoms with Gasteiger partial charge in [-0.05, 0) is 25.7 Å². The summed E-state index contributed by atoms with van der Waals surface area (Å²) in [5, 5.41) is 9.44. The maximum absolute atomic E-state index is 9.44. The van der Waals surface area contributed by atoms with Gasteiger partial charge in [0, 0.05) is 0 Å². The average molecular weight is 198 g/mol. The Morgan fingerprint density at radius 3 is 2.43 bits per heavy atom. The highest BCUT2D eigenvalue weighted by Crippen LogP contribution is 2.05. The highest BCUT2D eigenvalue weighted by Gasteiger charge is 1.97. The van der Waals surface area contributed by atoms with E-state index in [1.165, 1.54) is 32.1 Å². The molecule has 0 aromatic carbocycles. The molecule has 1 unspecified atom stereocenters. The van der Waals surface area contributed by atoms with Crippen LogP contribution < -0.4 is 0 Å². The van der Waals surface area contributed by atoms with E-state index in [9.17, 15) is 5.11 Å². The van der Waals surface area contributed by atoms with Crippen molar-refractivity contribution in [1.29, 1.82) is 0 Å². The third kappa shape index (κ3) is 9.79. The van der Waals surface area contributed by atoms with Gasteiger partial charge in [0.15, 0.2) is 0 Å². The van der Waals surface area contributed by atoms with Crippen LogP contribution in [0.25, 0.3) is 0 Å². The molecule has 1 nitrogen and oxygen atoms in total. The highest BCUT2D eigenvalue weighted by molar-refractivity contribution is 4.83. The van der Waals surface area contributed by atoms with Gasteiger partial charge in [-0.1, -0.05) is 51.7 Å². The van der Waals surface area contributed by atoms with Crippen LogP contribution in [0.1, 0.15) is 65.2 Å². The van der Waals surface area contributed by atoms with Gasteiger partial charge >= 0.3 is 0 Å². The molecule has 0 bridgehead atoms. The smallest absolute Gasteiger partial charge is 0.0574 e. The van der Waals surface area contributed by atoms with E-state index in [1.54, 1.807) is 0 Å². The number of aliphatic hydroxyl groups is 1. The Morgan fingerprint density at radius 2 is 1.79 bits per heavy atom. The monoisotopic (exact) mass is 198 g/mol. The minimum atomic E-state index is -0.119. The number of hydrogen-bond acceptors (Lipinski definition) is 1. The first kappa shape index (κ1) is 13.7. The molecule has 0 saturated carbocycles. The summed E-state index contributed by atoms with van der Waals surface area (Å²) in [5.74, 6) is 0. The molecule has 1 heteroatoms. The van der Waals surface area contributed by atoms with Crippen LogP contribution >= 0.6 is 0 Å². The number of rotatable bonds is 9. The molecule has 0 aliphatic carbocycles. The standard InChI is InChI=1S/C13H26O/c1-3-5-6-7-8-9-10-12-13(14)11-4-2/h9-10,13-14H,3-8,11-12H2,1-2H3/b10-9+. The molecule has 0 saturated heterocycles. The van der Waals surface area contributed by atoms with Gasteiger partial charge in [-0.3, -0.25) is 0 Å². The minimum absolute atomic E-state index is 0.119. The molecule has 0 aliphatic rings. The Labute approximate surface area is 89.2 Å². The Hall–Kier alpha value is -0.300. The fourth-order valence-electron chi connectivity index (χ4n) is 1.51. The lowest BCUT2D eigenvalue weighted by atomic mass is 10.1. The van der Waals surface area contributed by atoms with Crippen molar-refractivity contribution in [3.8, 4) is 0 Å². The largest absolute Gasteiger partial charge is 0.393 e. The fourth-order valence-corrected chi connectivity index (χ4v) is 1.51. The van der Waals surface area contributed by atoms with Crippen molar-refractivity contribution in [2.75, 3.05) is 0 Å². The Balaban J connectivity index is 3.18. The molecule has 0 aromatic rings. The van der Waals surface area contributed by atoms with Crippen LogP contribution in [0, 0.1) is 0 Å². The van der Waals surface area contributed by atoms with Gasteiger partial charge in [0.25, 0.3) is 0 Å². The molecule has 0 aromatic heterocycles. The SMILES string of the molecule is CCCCCC/C=C/CC(O)CCC. The second-order valence-corrected chi connectivity index (χ2v) is 4.00. The molecule has 0 radical (unpaired) electrons. The van der Waals surface area contributed by atoms with E-state index in [0.29, 0.717) is 0 Å². The summed E-state index contributed by atoms with van der Waals surface area (Å²) >= 11 is 0. The molecular weight excluding hydrogens is 172 g/mol. The van der Waals surface area contributed by atoms with E-state index >= 15 is 0 Å². The van der Waals surface area contributed by atoms with E-state index in [1.807, 2.05) is 0 Å². The Morgan fingerprint density at radius 1 is 1.00 bits per heavy atom. The van der Waals surface area contributed by atoms with Crippen molar-refractivity contribution in [1.82, 2.24) is 0 Å². The van der Waals surface area contributed by atoms with Crippen molar-refractivity contribution >= 4 is 0 Å². The lowest BCUT2D eigenvalue weighted by molar-refractivity contribution is 0.166. The fraction of sp³-hybridized carbons (Fsp3) is 0.846. The maximum atomic E-state index is 9.44. The molecule has 0 rings (SSSR count). The van der Waals surface area contributed by atoms with Crippen molar-refractivity contribution in [3.63, 3.8) is 0 Å². The molecule has 1 N–H and O–H groups in total. The van der Waals surface area contributed by atoms with E-state index in [-0.39, 0.29) is 6.10 Å². The van der Waals surface area contributed by atoms with Crippen LogP contribution in [0.4, 0.5) is 0 Å². The quantitative estimate of drug-likeness (QED) is 0.437. The number of aliphatic hydroxyl groups excluding tert-OH is 1. The third-order valence-corrected chi connectivity index (χ3v) is 2.42. The lowest BCUT2D eigenvalue weighted by Gasteiger charge is -2.04. The first-order valence-corrected chi connectivity index (χ1v) is 6.14. The first-order chi connectivity index (χ1) is 6.81. The summed E-state index contributed by atoms with van der Waals surface area (Å²) in [6.45, 7) is 4.34. The zero-order chi connectivity index (χ0) is 10.6. The predicted octanol–water partition coefficient (Wildman–Crippen LogP) is 4.06. The average Bonchev–Trinajstić information content (AvgIpc) is 2.17. The van der Waals surface area contributed by atoms with Crippen LogP contribution in [0.3, 0.4) is 0 Å². The van der Waals surface area contributed by atoms with Crippen molar-refractivity contribution in [2.24, 2.45) is 0 Å². The highest BCUT2D eigenvalue weighted by atomic mass is 16.3. The van der Waals surface area contributed by atoms with Gasteiger partial charge in [0.05, 0.1) is 6.10 Å². The third-order valence-electron chi connectivity index (χ3n) is 2.42. The second-order valence-electron chi connectivity index (χ2n) is 4.00. The van der Waals surface area contributed by atoms with Crippen molar-refractivity contribution < 1.29 is 5.11 Å². The van der Waals surface area contributed by atoms with Gasteiger partial charge in [-0.15, -0.1) is 0 Å². The molecule has 0 spiro atoms. The molecule has 0 fully saturated rings. The summed E-state index contributed by atoms with van der Waals surface area (Å²) in [7, 11) is 0. The summed E-state index contributed by atoms with van der Waals surface area (Å²) in [6.07, 6.45) is 13.6. The lowest BCUT2D eigenvalue weighted by Crippen LogP contribution is -2.02. The predicted molar refractivity (Wildman–Crippen MR) is 63.4 cm³/mol. The van der Waals surface area contributed by atoms with E-state index < -0.39 is 0 Å². The molecule has 84 valence electrons. The van der Waals surface area contributed by atoms with E-state index in [0.717, 1.165) is 19.3 Å². The van der Waals surface area contributed by atoms with Crippen molar-refractivity contribution in [2.45, 2.75) is 71.3 Å². The second kappa shape index (κ2) is 10.8. The summed E-state index contributed by atoms with van der Waals surface area (Å²) < 4.78 is 0. The summed E-state index contributed by atoms with van der Waals surface area (Å²) in [4.78, 5) is 0. The summed E-state index contributed by atoms with van der Waals surface area (Å²) in [5.41, 5.74) is 0. The van der Waals surface area contributed by atoms with E-state index in [2.05, 4.69) is 26.0 Å². The van der Waals surface area contributed by atoms with Crippen LogP contribution in [-0.4, -0.2) is 11.2 Å². The van der Waals surface area contributed by atoms with Crippen LogP contribution in [0.2, 0.25) is 0 Å². The van der Waals surface area contributed by atoms with Gasteiger partial charge in [0.2, 0.25) is 0 Å². The normalized spacial score (nSPS) is 13.6. The number of unbranched alkanes of at least 4 members (excludes halogenated alkanes) is 4. The minimum Gasteiger partial charge on any atom is -0.393 e. The summed E-state index contributed by atoms with van der Waals surface area (Å²) in [6, 6.07) is 0. The van der Waals surface area contributed by atoms with Crippen molar-refractivity contribution in [3.05, 3.63) is 12.2 Å². The Bertz CT molecular complexity index is 129. The number of hydrogen-bond donors (Lipinski definition) is 1. The molecule has 1 atom stereocenters. The van der Waals surface area contributed by atoms with Gasteiger partial charge < -0.3 is 5.11 Å². The molecule has 0 heterocycles. The van der Waals surface area contributed by atoms with Gasteiger partial charge in [-0.2, -0.15) is 0 Å². The van der Waals surface area contributed by atoms with Crippen LogP contribution in [0.5, 0.6) is 0 Å². The van der Waals surface area contributed by atoms with Crippen LogP contribution in [0.15, 0.2) is 12.2 Å². The zero-order valence-corrected chi connectivity index (χ0v) is 9.84.